The zero-order valence-corrected chi connectivity index (χ0v) is 16.4. The Labute approximate surface area is 167 Å². The van der Waals surface area contributed by atoms with E-state index < -0.39 is 10.0 Å². The Morgan fingerprint density at radius 1 is 1.21 bits per heavy atom. The van der Waals surface area contributed by atoms with Crippen LogP contribution >= 0.6 is 12.2 Å². The third-order valence-corrected chi connectivity index (χ3v) is 5.13. The summed E-state index contributed by atoms with van der Waals surface area (Å²) in [4.78, 5) is 7.77. The maximum atomic E-state index is 12.5. The van der Waals surface area contributed by atoms with E-state index in [1.165, 1.54) is 31.6 Å². The van der Waals surface area contributed by atoms with E-state index in [2.05, 4.69) is 25.3 Å². The summed E-state index contributed by atoms with van der Waals surface area (Å²) >= 11 is 5.21. The molecule has 0 aliphatic carbocycles. The second kappa shape index (κ2) is 8.67. The van der Waals surface area contributed by atoms with Gasteiger partial charge in [0.2, 0.25) is 5.88 Å². The lowest BCUT2D eigenvalue weighted by molar-refractivity contribution is 0.397. The second-order valence-corrected chi connectivity index (χ2v) is 7.55. The van der Waals surface area contributed by atoms with Crippen LogP contribution in [0.5, 0.6) is 5.88 Å². The van der Waals surface area contributed by atoms with Gasteiger partial charge in [0.05, 0.1) is 24.8 Å². The van der Waals surface area contributed by atoms with Gasteiger partial charge in [0.1, 0.15) is 17.9 Å². The molecule has 0 saturated carbocycles. The first-order valence-electron chi connectivity index (χ1n) is 8.02. The van der Waals surface area contributed by atoms with Crippen molar-refractivity contribution in [3.8, 4) is 5.88 Å². The van der Waals surface area contributed by atoms with Gasteiger partial charge in [-0.1, -0.05) is 0 Å². The van der Waals surface area contributed by atoms with Crippen molar-refractivity contribution in [2.45, 2.75) is 11.4 Å². The molecule has 0 radical (unpaired) electrons. The molecule has 0 amide bonds. The second-order valence-electron chi connectivity index (χ2n) is 5.46. The van der Waals surface area contributed by atoms with Crippen molar-refractivity contribution in [3.63, 3.8) is 0 Å². The highest BCUT2D eigenvalue weighted by Gasteiger charge is 2.15. The molecule has 3 N–H and O–H groups in total. The van der Waals surface area contributed by atoms with Crippen molar-refractivity contribution in [2.75, 3.05) is 17.1 Å². The minimum Gasteiger partial charge on any atom is -0.481 e. The minimum atomic E-state index is -3.81. The highest BCUT2D eigenvalue weighted by Crippen LogP contribution is 2.18. The molecule has 0 fully saturated rings. The number of aromatic nitrogens is 2. The number of anilines is 2. The SMILES string of the molecule is COc1cc(NS(=O)(=O)c2ccc(NC(=S)NCc3ccco3)cc2)ncn1. The summed E-state index contributed by atoms with van der Waals surface area (Å²) in [6, 6.07) is 11.1. The van der Waals surface area contributed by atoms with Crippen molar-refractivity contribution in [1.82, 2.24) is 15.3 Å². The molecule has 3 aromatic rings. The Hall–Kier alpha value is -3.18. The Kier molecular flexibility index (Phi) is 6.06. The number of nitrogens with one attached hydrogen (secondary N) is 3. The monoisotopic (exact) mass is 419 g/mol. The average molecular weight is 419 g/mol. The molecule has 0 atom stereocenters. The van der Waals surface area contributed by atoms with Crippen LogP contribution in [0.1, 0.15) is 5.76 Å². The van der Waals surface area contributed by atoms with E-state index in [4.69, 9.17) is 21.4 Å². The molecule has 0 bridgehead atoms. The summed E-state index contributed by atoms with van der Waals surface area (Å²) in [7, 11) is -2.38. The van der Waals surface area contributed by atoms with Gasteiger partial charge in [-0.2, -0.15) is 0 Å². The smallest absolute Gasteiger partial charge is 0.263 e. The molecule has 0 aliphatic rings. The fourth-order valence-electron chi connectivity index (χ4n) is 2.18. The van der Waals surface area contributed by atoms with Crippen LogP contribution in [0, 0.1) is 0 Å². The Bertz CT molecular complexity index is 1040. The first kappa shape index (κ1) is 19.6. The number of rotatable bonds is 7. The van der Waals surface area contributed by atoms with Crippen molar-refractivity contribution in [2.24, 2.45) is 0 Å². The standard InChI is InChI=1S/C17H17N5O4S2/c1-25-16-9-15(19-11-20-16)22-28(23,24)14-6-4-12(5-7-14)21-17(27)18-10-13-3-2-8-26-13/h2-9,11H,10H2,1H3,(H2,18,21,27)(H,19,20,22). The lowest BCUT2D eigenvalue weighted by Gasteiger charge is -2.11. The van der Waals surface area contributed by atoms with E-state index in [0.29, 0.717) is 17.3 Å². The van der Waals surface area contributed by atoms with Crippen LogP contribution in [-0.4, -0.2) is 30.6 Å². The Balaban J connectivity index is 1.61. The van der Waals surface area contributed by atoms with Gasteiger partial charge >= 0.3 is 0 Å². The molecule has 0 unspecified atom stereocenters. The number of sulfonamides is 1. The molecule has 2 aromatic heterocycles. The fraction of sp³-hybridized carbons (Fsp3) is 0.118. The van der Waals surface area contributed by atoms with Crippen molar-refractivity contribution >= 4 is 38.9 Å². The summed E-state index contributed by atoms with van der Waals surface area (Å²) < 4.78 is 37.5. The number of ether oxygens (including phenoxy) is 1. The summed E-state index contributed by atoms with van der Waals surface area (Å²) in [5.41, 5.74) is 0.639. The van der Waals surface area contributed by atoms with Crippen LogP contribution in [0.15, 0.2) is 64.4 Å². The molecular formula is C17H17N5O4S2. The van der Waals surface area contributed by atoms with Crippen molar-refractivity contribution < 1.29 is 17.6 Å². The maximum absolute atomic E-state index is 12.5. The van der Waals surface area contributed by atoms with Crippen LogP contribution in [0.2, 0.25) is 0 Å². The predicted octanol–water partition coefficient (Wildman–Crippen LogP) is 2.37. The molecular weight excluding hydrogens is 402 g/mol. The highest BCUT2D eigenvalue weighted by atomic mass is 32.2. The maximum Gasteiger partial charge on any atom is 0.263 e. The summed E-state index contributed by atoms with van der Waals surface area (Å²) in [6.45, 7) is 0.442. The minimum absolute atomic E-state index is 0.0742. The van der Waals surface area contributed by atoms with E-state index >= 15 is 0 Å². The molecule has 0 spiro atoms. The van der Waals surface area contributed by atoms with Crippen LogP contribution in [-0.2, 0) is 16.6 Å². The van der Waals surface area contributed by atoms with E-state index in [1.807, 2.05) is 6.07 Å². The Morgan fingerprint density at radius 2 is 2.00 bits per heavy atom. The van der Waals surface area contributed by atoms with E-state index in [1.54, 1.807) is 24.5 Å². The lowest BCUT2D eigenvalue weighted by atomic mass is 10.3. The first-order valence-corrected chi connectivity index (χ1v) is 9.91. The lowest BCUT2D eigenvalue weighted by Crippen LogP contribution is -2.27. The van der Waals surface area contributed by atoms with Gasteiger partial charge in [0, 0.05) is 11.8 Å². The van der Waals surface area contributed by atoms with Crippen LogP contribution in [0.3, 0.4) is 0 Å². The van der Waals surface area contributed by atoms with Crippen molar-refractivity contribution in [1.29, 1.82) is 0 Å². The molecule has 0 saturated heterocycles. The van der Waals surface area contributed by atoms with Gasteiger partial charge < -0.3 is 19.8 Å². The van der Waals surface area contributed by atoms with Gasteiger partial charge in [-0.15, -0.1) is 0 Å². The zero-order valence-electron chi connectivity index (χ0n) is 14.7. The molecule has 9 nitrogen and oxygen atoms in total. The number of thiocarbonyl (C=S) groups is 1. The zero-order chi connectivity index (χ0) is 20.0. The molecule has 1 aromatic carbocycles. The summed E-state index contributed by atoms with van der Waals surface area (Å²) in [6.07, 6.45) is 2.79. The van der Waals surface area contributed by atoms with Gasteiger partial charge in [-0.25, -0.2) is 18.4 Å². The molecule has 3 rings (SSSR count). The number of methoxy groups -OCH3 is 1. The van der Waals surface area contributed by atoms with Gasteiger partial charge in [0.15, 0.2) is 5.11 Å². The van der Waals surface area contributed by atoms with E-state index in [-0.39, 0.29) is 16.6 Å². The molecule has 28 heavy (non-hydrogen) atoms. The molecule has 2 heterocycles. The van der Waals surface area contributed by atoms with E-state index in [0.717, 1.165) is 5.76 Å². The van der Waals surface area contributed by atoms with Gasteiger partial charge in [-0.3, -0.25) is 4.72 Å². The first-order chi connectivity index (χ1) is 13.5. The number of hydrogen-bond donors (Lipinski definition) is 3. The number of hydrogen-bond acceptors (Lipinski definition) is 7. The van der Waals surface area contributed by atoms with E-state index in [9.17, 15) is 8.42 Å². The quantitative estimate of drug-likeness (QED) is 0.496. The van der Waals surface area contributed by atoms with Crippen molar-refractivity contribution in [3.05, 3.63) is 60.8 Å². The molecule has 146 valence electrons. The number of benzene rings is 1. The summed E-state index contributed by atoms with van der Waals surface area (Å²) in [5.74, 6) is 1.11. The number of nitrogens with zero attached hydrogens (tertiary/aromatic N) is 2. The predicted molar refractivity (Wildman–Crippen MR) is 108 cm³/mol. The van der Waals surface area contributed by atoms with Crippen LogP contribution in [0.4, 0.5) is 11.5 Å². The van der Waals surface area contributed by atoms with Crippen LogP contribution in [0.25, 0.3) is 0 Å². The third-order valence-electron chi connectivity index (χ3n) is 3.52. The molecule has 0 aliphatic heterocycles. The number of furan rings is 1. The average Bonchev–Trinajstić information content (AvgIpc) is 3.20. The molecule has 11 heteroatoms. The Morgan fingerprint density at radius 3 is 2.68 bits per heavy atom. The van der Waals surface area contributed by atoms with Gasteiger partial charge in [-0.05, 0) is 48.6 Å². The topological polar surface area (TPSA) is 118 Å². The highest BCUT2D eigenvalue weighted by molar-refractivity contribution is 7.92. The fourth-order valence-corrected chi connectivity index (χ4v) is 3.37. The summed E-state index contributed by atoms with van der Waals surface area (Å²) in [5, 5.41) is 6.35. The van der Waals surface area contributed by atoms with Gasteiger partial charge in [0.25, 0.3) is 10.0 Å². The third kappa shape index (κ3) is 5.18. The largest absolute Gasteiger partial charge is 0.481 e. The normalized spacial score (nSPS) is 10.9. The van der Waals surface area contributed by atoms with Crippen LogP contribution < -0.4 is 20.1 Å².